The van der Waals surface area contributed by atoms with Gasteiger partial charge in [0.2, 0.25) is 0 Å². The highest BCUT2D eigenvalue weighted by Gasteiger charge is 2.22. The van der Waals surface area contributed by atoms with Gasteiger partial charge in [-0.3, -0.25) is 9.69 Å². The lowest BCUT2D eigenvalue weighted by atomic mass is 10.0. The van der Waals surface area contributed by atoms with Gasteiger partial charge in [-0.15, -0.1) is 12.4 Å². The maximum absolute atomic E-state index is 14.1. The summed E-state index contributed by atoms with van der Waals surface area (Å²) in [7, 11) is 1.59. The molecule has 0 saturated carbocycles. The molecule has 0 bridgehead atoms. The Morgan fingerprint density at radius 2 is 1.81 bits per heavy atom. The summed E-state index contributed by atoms with van der Waals surface area (Å²) in [5, 5.41) is 0.666. The number of halogens is 2. The third-order valence-corrected chi connectivity index (χ3v) is 5.82. The zero-order chi connectivity index (χ0) is 21.1. The Morgan fingerprint density at radius 1 is 1.10 bits per heavy atom. The number of morpholine rings is 1. The molecular formula is C24H28ClFN2O3. The Hall–Kier alpha value is -2.41. The average molecular weight is 447 g/mol. The number of aryl methyl sites for hydroxylation is 1. The molecule has 0 atom stereocenters. The van der Waals surface area contributed by atoms with Crippen molar-refractivity contribution in [2.24, 2.45) is 0 Å². The molecule has 7 heteroatoms. The first-order valence-electron chi connectivity index (χ1n) is 10.4. The number of methoxy groups -OCH3 is 1. The summed E-state index contributed by atoms with van der Waals surface area (Å²) in [6.07, 6.45) is 0.957. The minimum Gasteiger partial charge on any atom is -0.497 e. The summed E-state index contributed by atoms with van der Waals surface area (Å²) >= 11 is 0. The number of carbonyl (C=O) groups excluding carboxylic acids is 1. The van der Waals surface area contributed by atoms with Gasteiger partial charge in [-0.25, -0.2) is 4.39 Å². The normalized spacial score (nSPS) is 14.4. The van der Waals surface area contributed by atoms with Crippen LogP contribution in [0.2, 0.25) is 0 Å². The molecule has 0 N–H and O–H groups in total. The first-order valence-corrected chi connectivity index (χ1v) is 10.4. The van der Waals surface area contributed by atoms with E-state index in [1.807, 2.05) is 6.92 Å². The maximum Gasteiger partial charge on any atom is 0.195 e. The summed E-state index contributed by atoms with van der Waals surface area (Å²) in [6, 6.07) is 11.7. The number of ether oxygens (including phenoxy) is 2. The quantitative estimate of drug-likeness (QED) is 0.502. The Labute approximate surface area is 188 Å². The Bertz CT molecular complexity index is 1040. The van der Waals surface area contributed by atoms with Crippen LogP contribution in [0.5, 0.6) is 5.75 Å². The summed E-state index contributed by atoms with van der Waals surface area (Å²) < 4.78 is 26.8. The van der Waals surface area contributed by atoms with Crippen molar-refractivity contribution in [3.05, 3.63) is 65.1 Å². The molecule has 0 spiro atoms. The van der Waals surface area contributed by atoms with E-state index in [0.717, 1.165) is 57.0 Å². The molecule has 0 radical (unpaired) electrons. The molecule has 0 amide bonds. The number of fused-ring (bicyclic) bond motifs is 1. The lowest BCUT2D eigenvalue weighted by Crippen LogP contribution is -2.37. The molecule has 0 aliphatic carbocycles. The Balaban J connectivity index is 0.00000272. The number of aromatic nitrogens is 1. The van der Waals surface area contributed by atoms with Crippen LogP contribution in [0.15, 0.2) is 42.5 Å². The predicted molar refractivity (Wildman–Crippen MR) is 122 cm³/mol. The van der Waals surface area contributed by atoms with Crippen LogP contribution >= 0.6 is 12.4 Å². The van der Waals surface area contributed by atoms with Crippen molar-refractivity contribution in [1.29, 1.82) is 0 Å². The summed E-state index contributed by atoms with van der Waals surface area (Å²) in [4.78, 5) is 15.7. The third kappa shape index (κ3) is 4.92. The van der Waals surface area contributed by atoms with E-state index in [-0.39, 0.29) is 24.0 Å². The number of hydrogen-bond acceptors (Lipinski definition) is 4. The number of nitrogens with zero attached hydrogens (tertiary/aromatic N) is 2. The molecular weight excluding hydrogens is 419 g/mol. The first kappa shape index (κ1) is 23.3. The van der Waals surface area contributed by atoms with Crippen LogP contribution in [0, 0.1) is 12.7 Å². The second-order valence-electron chi connectivity index (χ2n) is 7.64. The molecule has 1 saturated heterocycles. The van der Waals surface area contributed by atoms with Crippen molar-refractivity contribution in [3.63, 3.8) is 0 Å². The molecule has 31 heavy (non-hydrogen) atoms. The Morgan fingerprint density at radius 3 is 2.48 bits per heavy atom. The molecule has 4 rings (SSSR count). The van der Waals surface area contributed by atoms with Crippen molar-refractivity contribution in [2.75, 3.05) is 40.0 Å². The van der Waals surface area contributed by atoms with Gasteiger partial charge in [-0.2, -0.15) is 0 Å². The van der Waals surface area contributed by atoms with E-state index in [4.69, 9.17) is 9.47 Å². The predicted octanol–water partition coefficient (Wildman–Crippen LogP) is 4.47. The number of rotatable bonds is 7. The number of carbonyl (C=O) groups is 1. The first-order chi connectivity index (χ1) is 14.6. The van der Waals surface area contributed by atoms with E-state index < -0.39 is 0 Å². The third-order valence-electron chi connectivity index (χ3n) is 5.82. The van der Waals surface area contributed by atoms with Crippen molar-refractivity contribution in [3.8, 4) is 5.75 Å². The highest BCUT2D eigenvalue weighted by Crippen LogP contribution is 2.29. The summed E-state index contributed by atoms with van der Waals surface area (Å²) in [5.41, 5.74) is 2.91. The van der Waals surface area contributed by atoms with Crippen LogP contribution in [-0.4, -0.2) is 55.2 Å². The molecule has 0 unspecified atom stereocenters. The lowest BCUT2D eigenvalue weighted by Gasteiger charge is -2.26. The average Bonchev–Trinajstić information content (AvgIpc) is 3.04. The van der Waals surface area contributed by atoms with E-state index >= 15 is 0 Å². The van der Waals surface area contributed by atoms with E-state index in [0.29, 0.717) is 22.3 Å². The smallest absolute Gasteiger partial charge is 0.195 e. The van der Waals surface area contributed by atoms with Crippen molar-refractivity contribution in [1.82, 2.24) is 9.47 Å². The van der Waals surface area contributed by atoms with Gasteiger partial charge in [-0.05, 0) is 55.8 Å². The van der Waals surface area contributed by atoms with Crippen LogP contribution in [0.4, 0.5) is 4.39 Å². The molecule has 1 aromatic heterocycles. The highest BCUT2D eigenvalue weighted by atomic mass is 35.5. The van der Waals surface area contributed by atoms with Crippen LogP contribution in [0.3, 0.4) is 0 Å². The van der Waals surface area contributed by atoms with Gasteiger partial charge in [0.05, 0.1) is 25.9 Å². The van der Waals surface area contributed by atoms with E-state index in [9.17, 15) is 9.18 Å². The van der Waals surface area contributed by atoms with E-state index in [1.165, 1.54) is 12.1 Å². The van der Waals surface area contributed by atoms with Crippen LogP contribution in [0.1, 0.15) is 28.0 Å². The van der Waals surface area contributed by atoms with Gasteiger partial charge in [0.1, 0.15) is 11.6 Å². The summed E-state index contributed by atoms with van der Waals surface area (Å²) in [6.45, 7) is 7.18. The minimum absolute atomic E-state index is 0. The van der Waals surface area contributed by atoms with Gasteiger partial charge in [0.25, 0.3) is 0 Å². The number of benzene rings is 2. The van der Waals surface area contributed by atoms with E-state index in [1.54, 1.807) is 37.4 Å². The standard InChI is InChI=1S/C24H27FN2O3.ClH/c1-17-23(24(28)18-4-7-20(29-2)8-5-18)21-16-19(25)6-9-22(21)27(17)11-3-10-26-12-14-30-15-13-26;/h4-9,16H,3,10-15H2,1-2H3;1H. The molecule has 5 nitrogen and oxygen atoms in total. The minimum atomic E-state index is -0.336. The summed E-state index contributed by atoms with van der Waals surface area (Å²) in [5.74, 6) is 0.259. The molecule has 2 aromatic carbocycles. The molecule has 2 heterocycles. The topological polar surface area (TPSA) is 43.7 Å². The molecule has 3 aromatic rings. The van der Waals surface area contributed by atoms with Crippen LogP contribution in [-0.2, 0) is 11.3 Å². The molecule has 1 aliphatic rings. The fourth-order valence-corrected chi connectivity index (χ4v) is 4.19. The van der Waals surface area contributed by atoms with Crippen LogP contribution in [0.25, 0.3) is 10.9 Å². The van der Waals surface area contributed by atoms with Gasteiger partial charge in [-0.1, -0.05) is 0 Å². The number of ketones is 1. The Kier molecular flexibility index (Phi) is 7.70. The SMILES string of the molecule is COc1ccc(C(=O)c2c(C)n(CCCN3CCOCC3)c3ccc(F)cc23)cc1.Cl. The highest BCUT2D eigenvalue weighted by molar-refractivity contribution is 6.17. The molecule has 166 valence electrons. The van der Waals surface area contributed by atoms with Gasteiger partial charge in [0, 0.05) is 48.3 Å². The van der Waals surface area contributed by atoms with Gasteiger partial charge >= 0.3 is 0 Å². The van der Waals surface area contributed by atoms with Crippen molar-refractivity contribution in [2.45, 2.75) is 19.9 Å². The second kappa shape index (κ2) is 10.3. The second-order valence-corrected chi connectivity index (χ2v) is 7.64. The molecule has 1 fully saturated rings. The van der Waals surface area contributed by atoms with Crippen molar-refractivity contribution < 1.29 is 18.7 Å². The zero-order valence-electron chi connectivity index (χ0n) is 17.9. The zero-order valence-corrected chi connectivity index (χ0v) is 18.7. The van der Waals surface area contributed by atoms with Crippen molar-refractivity contribution >= 4 is 29.1 Å². The van der Waals surface area contributed by atoms with Gasteiger partial charge in [0.15, 0.2) is 5.78 Å². The fourth-order valence-electron chi connectivity index (χ4n) is 4.19. The fraction of sp³-hybridized carbons (Fsp3) is 0.375. The number of hydrogen-bond donors (Lipinski definition) is 0. The van der Waals surface area contributed by atoms with E-state index in [2.05, 4.69) is 9.47 Å². The van der Waals surface area contributed by atoms with Gasteiger partial charge < -0.3 is 14.0 Å². The monoisotopic (exact) mass is 446 g/mol. The maximum atomic E-state index is 14.1. The van der Waals surface area contributed by atoms with Crippen LogP contribution < -0.4 is 4.74 Å². The lowest BCUT2D eigenvalue weighted by molar-refractivity contribution is 0.0369. The molecule has 1 aliphatic heterocycles. The largest absolute Gasteiger partial charge is 0.497 e.